The van der Waals surface area contributed by atoms with E-state index in [1.165, 1.54) is 12.1 Å². The second-order valence-corrected chi connectivity index (χ2v) is 8.14. The average Bonchev–Trinajstić information content (AvgIpc) is 3.20. The molecule has 1 N–H and O–H groups in total. The van der Waals surface area contributed by atoms with Crippen LogP contribution in [0.1, 0.15) is 39.2 Å². The molecule has 1 aliphatic heterocycles. The molecule has 8 heteroatoms. The molecule has 1 aliphatic rings. The van der Waals surface area contributed by atoms with Gasteiger partial charge in [0, 0.05) is 41.6 Å². The lowest BCUT2D eigenvalue weighted by atomic mass is 10.1. The van der Waals surface area contributed by atoms with Crippen molar-refractivity contribution in [2.45, 2.75) is 58.3 Å². The zero-order valence-electron chi connectivity index (χ0n) is 16.4. The van der Waals surface area contributed by atoms with Gasteiger partial charge in [0.15, 0.2) is 0 Å². The van der Waals surface area contributed by atoms with Crippen molar-refractivity contribution in [1.82, 2.24) is 15.1 Å². The summed E-state index contributed by atoms with van der Waals surface area (Å²) in [6.45, 7) is 7.11. The molecule has 1 aromatic heterocycles. The highest BCUT2D eigenvalue weighted by Crippen LogP contribution is 2.28. The van der Waals surface area contributed by atoms with E-state index in [9.17, 15) is 13.6 Å². The zero-order chi connectivity index (χ0) is 20.3. The summed E-state index contributed by atoms with van der Waals surface area (Å²) in [5.41, 5.74) is 0.976. The predicted octanol–water partition coefficient (Wildman–Crippen LogP) is 3.86. The Kier molecular flexibility index (Phi) is 5.86. The molecule has 28 heavy (non-hydrogen) atoms. The highest BCUT2D eigenvalue weighted by atomic mass is 19.1. The van der Waals surface area contributed by atoms with E-state index in [0.717, 1.165) is 31.0 Å². The van der Waals surface area contributed by atoms with Gasteiger partial charge >= 0.3 is 6.09 Å². The van der Waals surface area contributed by atoms with E-state index >= 15 is 0 Å². The van der Waals surface area contributed by atoms with Crippen LogP contribution in [-0.4, -0.2) is 34.0 Å². The van der Waals surface area contributed by atoms with Gasteiger partial charge in [0.1, 0.15) is 18.2 Å². The molecule has 1 aromatic carbocycles. The van der Waals surface area contributed by atoms with Gasteiger partial charge in [-0.15, -0.1) is 0 Å². The van der Waals surface area contributed by atoms with Gasteiger partial charge < -0.3 is 15.0 Å². The van der Waals surface area contributed by atoms with E-state index in [1.807, 2.05) is 31.9 Å². The lowest BCUT2D eigenvalue weighted by Gasteiger charge is -2.27. The minimum Gasteiger partial charge on any atom is -0.445 e. The number of ether oxygens (including phenoxy) is 1. The summed E-state index contributed by atoms with van der Waals surface area (Å²) in [6.07, 6.45) is 4.87. The van der Waals surface area contributed by atoms with Gasteiger partial charge in [0.05, 0.1) is 12.7 Å². The number of anilines is 1. The van der Waals surface area contributed by atoms with Crippen molar-refractivity contribution in [3.8, 4) is 0 Å². The Morgan fingerprint density at radius 3 is 2.68 bits per heavy atom. The molecule has 1 fully saturated rings. The predicted molar refractivity (Wildman–Crippen MR) is 102 cm³/mol. The van der Waals surface area contributed by atoms with Crippen LogP contribution in [0.3, 0.4) is 0 Å². The Balaban J connectivity index is 1.59. The fourth-order valence-electron chi connectivity index (χ4n) is 3.36. The van der Waals surface area contributed by atoms with Crippen LogP contribution in [0.25, 0.3) is 0 Å². The molecule has 6 nitrogen and oxygen atoms in total. The average molecular weight is 392 g/mol. The summed E-state index contributed by atoms with van der Waals surface area (Å²) in [5, 5.41) is 7.06. The van der Waals surface area contributed by atoms with Gasteiger partial charge in [-0.3, -0.25) is 4.68 Å². The van der Waals surface area contributed by atoms with Crippen LogP contribution in [-0.2, 0) is 17.9 Å². The summed E-state index contributed by atoms with van der Waals surface area (Å²) >= 11 is 0. The number of nitrogens with zero attached hydrogens (tertiary/aromatic N) is 3. The molecule has 1 saturated heterocycles. The van der Waals surface area contributed by atoms with Crippen molar-refractivity contribution in [3.05, 3.63) is 47.8 Å². The largest absolute Gasteiger partial charge is 0.445 e. The first-order valence-corrected chi connectivity index (χ1v) is 9.38. The van der Waals surface area contributed by atoms with Crippen molar-refractivity contribution in [3.63, 3.8) is 0 Å². The molecule has 0 aliphatic carbocycles. The highest BCUT2D eigenvalue weighted by Gasteiger charge is 2.26. The SMILES string of the molecule is CC(C)(C)NC(=O)OCc1cnn(C[C@@H]2CCCN2c2cc(F)cc(F)c2)c1. The number of alkyl carbamates (subject to hydrolysis) is 1. The zero-order valence-corrected chi connectivity index (χ0v) is 16.4. The van der Waals surface area contributed by atoms with E-state index in [2.05, 4.69) is 10.4 Å². The molecule has 0 saturated carbocycles. The third-order valence-electron chi connectivity index (χ3n) is 4.49. The quantitative estimate of drug-likeness (QED) is 0.840. The molecule has 0 bridgehead atoms. The third-order valence-corrected chi connectivity index (χ3v) is 4.49. The minimum atomic E-state index is -0.576. The van der Waals surface area contributed by atoms with Crippen LogP contribution in [0.2, 0.25) is 0 Å². The number of aromatic nitrogens is 2. The molecule has 1 atom stereocenters. The summed E-state index contributed by atoms with van der Waals surface area (Å²) in [6, 6.07) is 3.69. The monoisotopic (exact) mass is 392 g/mol. The fraction of sp³-hybridized carbons (Fsp3) is 0.500. The lowest BCUT2D eigenvalue weighted by Crippen LogP contribution is -2.40. The van der Waals surface area contributed by atoms with Gasteiger partial charge in [-0.2, -0.15) is 5.10 Å². The van der Waals surface area contributed by atoms with Gasteiger partial charge in [0.2, 0.25) is 0 Å². The topological polar surface area (TPSA) is 59.4 Å². The number of benzene rings is 1. The molecule has 152 valence electrons. The first kappa shape index (κ1) is 20.1. The molecule has 2 heterocycles. The Labute approximate surface area is 163 Å². The van der Waals surface area contributed by atoms with E-state index in [4.69, 9.17) is 4.74 Å². The Morgan fingerprint density at radius 2 is 2.00 bits per heavy atom. The minimum absolute atomic E-state index is 0.0963. The standard InChI is InChI=1S/C20H26F2N4O2/c1-20(2,3)24-19(27)28-13-14-10-23-25(11-14)12-17-5-4-6-26(17)18-8-15(21)7-16(22)9-18/h7-11,17H,4-6,12-13H2,1-3H3,(H,24,27)/t17-/m0/s1. The van der Waals surface area contributed by atoms with Crippen LogP contribution < -0.4 is 10.2 Å². The molecule has 0 spiro atoms. The van der Waals surface area contributed by atoms with Gasteiger partial charge in [-0.25, -0.2) is 13.6 Å². The van der Waals surface area contributed by atoms with Crippen LogP contribution in [0.4, 0.5) is 19.3 Å². The maximum absolute atomic E-state index is 13.6. The van der Waals surface area contributed by atoms with E-state index in [0.29, 0.717) is 12.2 Å². The number of carbonyl (C=O) groups excluding carboxylic acids is 1. The van der Waals surface area contributed by atoms with Crippen LogP contribution in [0.5, 0.6) is 0 Å². The van der Waals surface area contributed by atoms with E-state index in [1.54, 1.807) is 10.9 Å². The molecule has 2 aromatic rings. The number of halogens is 2. The maximum atomic E-state index is 13.6. The first-order chi connectivity index (χ1) is 13.2. The van der Waals surface area contributed by atoms with Crippen molar-refractivity contribution in [2.24, 2.45) is 0 Å². The third kappa shape index (κ3) is 5.43. The summed E-state index contributed by atoms with van der Waals surface area (Å²) in [7, 11) is 0. The summed E-state index contributed by atoms with van der Waals surface area (Å²) in [5.74, 6) is -1.15. The van der Waals surface area contributed by atoms with Gasteiger partial charge in [0.25, 0.3) is 0 Å². The van der Waals surface area contributed by atoms with Crippen molar-refractivity contribution in [2.75, 3.05) is 11.4 Å². The Morgan fingerprint density at radius 1 is 1.29 bits per heavy atom. The number of amides is 1. The number of rotatable bonds is 5. The summed E-state index contributed by atoms with van der Waals surface area (Å²) in [4.78, 5) is 13.8. The number of hydrogen-bond acceptors (Lipinski definition) is 4. The highest BCUT2D eigenvalue weighted by molar-refractivity contribution is 5.68. The number of carbonyl (C=O) groups is 1. The maximum Gasteiger partial charge on any atom is 0.407 e. The molecular weight excluding hydrogens is 366 g/mol. The number of hydrogen-bond donors (Lipinski definition) is 1. The molecule has 0 unspecified atom stereocenters. The Bertz CT molecular complexity index is 812. The summed E-state index contributed by atoms with van der Waals surface area (Å²) < 4.78 is 34.1. The van der Waals surface area contributed by atoms with Gasteiger partial charge in [-0.05, 0) is 45.7 Å². The molecular formula is C20H26F2N4O2. The van der Waals surface area contributed by atoms with Crippen molar-refractivity contribution in [1.29, 1.82) is 0 Å². The lowest BCUT2D eigenvalue weighted by molar-refractivity contribution is 0.131. The van der Waals surface area contributed by atoms with Crippen LogP contribution >= 0.6 is 0 Å². The van der Waals surface area contributed by atoms with Gasteiger partial charge in [-0.1, -0.05) is 0 Å². The second kappa shape index (κ2) is 8.16. The molecule has 0 radical (unpaired) electrons. The fourth-order valence-corrected chi connectivity index (χ4v) is 3.36. The van der Waals surface area contributed by atoms with E-state index in [-0.39, 0.29) is 18.2 Å². The normalized spacial score (nSPS) is 17.0. The molecule has 1 amide bonds. The van der Waals surface area contributed by atoms with Crippen molar-refractivity contribution < 1.29 is 18.3 Å². The molecule has 3 rings (SSSR count). The first-order valence-electron chi connectivity index (χ1n) is 9.38. The van der Waals surface area contributed by atoms with Crippen molar-refractivity contribution >= 4 is 11.8 Å². The second-order valence-electron chi connectivity index (χ2n) is 8.14. The van der Waals surface area contributed by atoms with Crippen LogP contribution in [0.15, 0.2) is 30.6 Å². The smallest absolute Gasteiger partial charge is 0.407 e. The number of nitrogens with one attached hydrogen (secondary N) is 1. The van der Waals surface area contributed by atoms with Crippen LogP contribution in [0, 0.1) is 11.6 Å². The Hall–Kier alpha value is -2.64. The van der Waals surface area contributed by atoms with E-state index < -0.39 is 17.7 Å².